The molecule has 0 aromatic heterocycles. The Bertz CT molecular complexity index is 563. The molecule has 0 heterocycles. The van der Waals surface area contributed by atoms with Crippen molar-refractivity contribution >= 4 is 5.97 Å². The van der Waals surface area contributed by atoms with Crippen LogP contribution >= 0.6 is 0 Å². The second-order valence-electron chi connectivity index (χ2n) is 6.87. The maximum atomic E-state index is 11.3. The fraction of sp³-hybridized carbons (Fsp3) is 0.682. The van der Waals surface area contributed by atoms with Gasteiger partial charge in [0.1, 0.15) is 17.2 Å². The Hall–Kier alpha value is -1.95. The summed E-state index contributed by atoms with van der Waals surface area (Å²) in [6, 6.07) is 3.86. The first kappa shape index (κ1) is 24.1. The van der Waals surface area contributed by atoms with Gasteiger partial charge >= 0.3 is 5.97 Å². The van der Waals surface area contributed by atoms with E-state index in [1.54, 1.807) is 0 Å². The molecular formula is C22H37NO5. The van der Waals surface area contributed by atoms with Crippen molar-refractivity contribution in [2.75, 3.05) is 26.4 Å². The summed E-state index contributed by atoms with van der Waals surface area (Å²) < 4.78 is 17.4. The molecule has 1 rings (SSSR count). The van der Waals surface area contributed by atoms with E-state index in [1.165, 1.54) is 0 Å². The van der Waals surface area contributed by atoms with Crippen LogP contribution in [0.1, 0.15) is 58.9 Å². The van der Waals surface area contributed by atoms with Crippen LogP contribution in [0.2, 0.25) is 0 Å². The Morgan fingerprint density at radius 3 is 2.04 bits per heavy atom. The topological polar surface area (TPSA) is 91.0 Å². The van der Waals surface area contributed by atoms with Crippen LogP contribution in [-0.2, 0) is 11.2 Å². The van der Waals surface area contributed by atoms with Crippen molar-refractivity contribution < 1.29 is 24.1 Å². The van der Waals surface area contributed by atoms with Crippen LogP contribution < -0.4 is 19.9 Å². The van der Waals surface area contributed by atoms with E-state index < -0.39 is 11.9 Å². The molecule has 0 aliphatic heterocycles. The average Bonchev–Trinajstić information content (AvgIpc) is 2.66. The van der Waals surface area contributed by atoms with Gasteiger partial charge < -0.3 is 25.1 Å². The van der Waals surface area contributed by atoms with Crippen molar-refractivity contribution in [3.63, 3.8) is 0 Å². The second kappa shape index (κ2) is 13.3. The molecule has 0 saturated heterocycles. The van der Waals surface area contributed by atoms with Gasteiger partial charge in [-0.2, -0.15) is 0 Å². The fourth-order valence-electron chi connectivity index (χ4n) is 3.42. The van der Waals surface area contributed by atoms with E-state index in [1.807, 2.05) is 32.9 Å². The number of ether oxygens (including phenoxy) is 3. The summed E-state index contributed by atoms with van der Waals surface area (Å²) in [4.78, 5) is 11.3. The normalized spacial score (nSPS) is 13.0. The zero-order valence-electron chi connectivity index (χ0n) is 17.8. The number of carboxylic acid groups (broad SMARTS) is 1. The number of hydrogen-bond acceptors (Lipinski definition) is 5. The molecule has 0 aliphatic rings. The third-order valence-corrected chi connectivity index (χ3v) is 4.92. The summed E-state index contributed by atoms with van der Waals surface area (Å²) in [6.07, 6.45) is 4.27. The highest BCUT2D eigenvalue weighted by molar-refractivity contribution is 5.70. The van der Waals surface area contributed by atoms with Gasteiger partial charge in [-0.15, -0.1) is 0 Å². The number of hydrogen-bond donors (Lipinski definition) is 2. The summed E-state index contributed by atoms with van der Waals surface area (Å²) in [7, 11) is 0. The summed E-state index contributed by atoms with van der Waals surface area (Å²) in [5, 5.41) is 9.26. The first-order valence-electron chi connectivity index (χ1n) is 10.5. The van der Waals surface area contributed by atoms with Crippen LogP contribution in [0.25, 0.3) is 0 Å². The van der Waals surface area contributed by atoms with Crippen molar-refractivity contribution in [1.82, 2.24) is 0 Å². The SMILES string of the molecule is CCOc1cc(OCC)c(CCCC(CC)CC(CN)C(=O)O)c(OCC)c1. The maximum absolute atomic E-state index is 11.3. The molecule has 160 valence electrons. The van der Waals surface area contributed by atoms with E-state index >= 15 is 0 Å². The minimum atomic E-state index is -0.801. The van der Waals surface area contributed by atoms with E-state index in [2.05, 4.69) is 6.92 Å². The smallest absolute Gasteiger partial charge is 0.307 e. The first-order chi connectivity index (χ1) is 13.5. The summed E-state index contributed by atoms with van der Waals surface area (Å²) in [5.41, 5.74) is 6.67. The van der Waals surface area contributed by atoms with Crippen LogP contribution in [0.15, 0.2) is 12.1 Å². The van der Waals surface area contributed by atoms with Crippen LogP contribution in [0, 0.1) is 11.8 Å². The van der Waals surface area contributed by atoms with E-state index in [4.69, 9.17) is 19.9 Å². The van der Waals surface area contributed by atoms with Crippen LogP contribution in [0.4, 0.5) is 0 Å². The van der Waals surface area contributed by atoms with Crippen LogP contribution in [0.3, 0.4) is 0 Å². The minimum Gasteiger partial charge on any atom is -0.494 e. The van der Waals surface area contributed by atoms with Gasteiger partial charge in [0.25, 0.3) is 0 Å². The maximum Gasteiger partial charge on any atom is 0.307 e. The third-order valence-electron chi connectivity index (χ3n) is 4.92. The molecule has 0 saturated carbocycles. The van der Waals surface area contributed by atoms with E-state index in [9.17, 15) is 9.90 Å². The molecule has 0 spiro atoms. The molecule has 3 N–H and O–H groups in total. The van der Waals surface area contributed by atoms with Crippen molar-refractivity contribution in [3.8, 4) is 17.2 Å². The predicted octanol–water partition coefficient (Wildman–Crippen LogP) is 4.28. The molecule has 2 unspecified atom stereocenters. The molecule has 1 aromatic rings. The van der Waals surface area contributed by atoms with Gasteiger partial charge in [-0.25, -0.2) is 0 Å². The lowest BCUT2D eigenvalue weighted by molar-refractivity contribution is -0.142. The third kappa shape index (κ3) is 7.58. The van der Waals surface area contributed by atoms with Gasteiger partial charge in [0.2, 0.25) is 0 Å². The van der Waals surface area contributed by atoms with Gasteiger partial charge in [0.15, 0.2) is 0 Å². The molecule has 28 heavy (non-hydrogen) atoms. The number of aliphatic carboxylic acids is 1. The summed E-state index contributed by atoms with van der Waals surface area (Å²) in [6.45, 7) is 9.89. The number of rotatable bonds is 15. The predicted molar refractivity (Wildman–Crippen MR) is 111 cm³/mol. The molecule has 0 amide bonds. The van der Waals surface area contributed by atoms with Gasteiger partial charge in [-0.1, -0.05) is 19.8 Å². The Labute approximate surface area is 169 Å². The summed E-state index contributed by atoms with van der Waals surface area (Å²) in [5.74, 6) is 1.43. The monoisotopic (exact) mass is 395 g/mol. The molecule has 6 heteroatoms. The zero-order chi connectivity index (χ0) is 20.9. The molecule has 6 nitrogen and oxygen atoms in total. The van der Waals surface area contributed by atoms with Crippen molar-refractivity contribution in [2.45, 2.75) is 59.8 Å². The number of benzene rings is 1. The van der Waals surface area contributed by atoms with Crippen molar-refractivity contribution in [2.24, 2.45) is 17.6 Å². The molecular weight excluding hydrogens is 358 g/mol. The number of carboxylic acids is 1. The van der Waals surface area contributed by atoms with Gasteiger partial charge in [0, 0.05) is 24.2 Å². The molecule has 0 radical (unpaired) electrons. The zero-order valence-corrected chi connectivity index (χ0v) is 17.8. The Morgan fingerprint density at radius 1 is 1.04 bits per heavy atom. The lowest BCUT2D eigenvalue weighted by Gasteiger charge is -2.20. The fourth-order valence-corrected chi connectivity index (χ4v) is 3.42. The number of carbonyl (C=O) groups is 1. The van der Waals surface area contributed by atoms with Crippen molar-refractivity contribution in [1.29, 1.82) is 0 Å². The van der Waals surface area contributed by atoms with Crippen LogP contribution in [-0.4, -0.2) is 37.4 Å². The lowest BCUT2D eigenvalue weighted by atomic mass is 9.88. The highest BCUT2D eigenvalue weighted by Gasteiger charge is 2.21. The van der Waals surface area contributed by atoms with E-state index in [0.29, 0.717) is 32.2 Å². The average molecular weight is 396 g/mol. The van der Waals surface area contributed by atoms with Crippen LogP contribution in [0.5, 0.6) is 17.2 Å². The molecule has 0 bridgehead atoms. The first-order valence-corrected chi connectivity index (χ1v) is 10.5. The number of nitrogens with two attached hydrogens (primary N) is 1. The lowest BCUT2D eigenvalue weighted by Crippen LogP contribution is -2.25. The van der Waals surface area contributed by atoms with Gasteiger partial charge in [-0.3, -0.25) is 4.79 Å². The Morgan fingerprint density at radius 2 is 1.61 bits per heavy atom. The molecule has 0 fully saturated rings. The molecule has 1 aromatic carbocycles. The van der Waals surface area contributed by atoms with E-state index in [0.717, 1.165) is 48.5 Å². The molecule has 0 aliphatic carbocycles. The minimum absolute atomic E-state index is 0.188. The summed E-state index contributed by atoms with van der Waals surface area (Å²) >= 11 is 0. The Kier molecular flexibility index (Phi) is 11.4. The van der Waals surface area contributed by atoms with Gasteiger partial charge in [-0.05, 0) is 46.0 Å². The highest BCUT2D eigenvalue weighted by atomic mass is 16.5. The Balaban J connectivity index is 2.88. The van der Waals surface area contributed by atoms with Gasteiger partial charge in [0.05, 0.1) is 25.7 Å². The van der Waals surface area contributed by atoms with Crippen molar-refractivity contribution in [3.05, 3.63) is 17.7 Å². The van der Waals surface area contributed by atoms with E-state index in [-0.39, 0.29) is 6.54 Å². The standard InChI is InChI=1S/C22H37NO5/c1-5-16(12-17(15-23)22(24)25)10-9-11-19-20(27-7-3)13-18(26-6-2)14-21(19)28-8-4/h13-14,16-17H,5-12,15,23H2,1-4H3,(H,24,25). The second-order valence-corrected chi connectivity index (χ2v) is 6.87. The molecule has 2 atom stereocenters. The quantitative estimate of drug-likeness (QED) is 0.460. The largest absolute Gasteiger partial charge is 0.494 e. The highest BCUT2D eigenvalue weighted by Crippen LogP contribution is 2.36.